The summed E-state index contributed by atoms with van der Waals surface area (Å²) >= 11 is -0.393. The molecule has 0 fully saturated rings. The van der Waals surface area contributed by atoms with Gasteiger partial charge in [0.25, 0.3) is 0 Å². The molecule has 28 heavy (non-hydrogen) atoms. The molecule has 0 aliphatic carbocycles. The first-order chi connectivity index (χ1) is 13.1. The maximum absolute atomic E-state index is 8.88. The Hall–Kier alpha value is -0.552. The van der Waals surface area contributed by atoms with Crippen molar-refractivity contribution in [2.75, 3.05) is 0 Å². The summed E-state index contributed by atoms with van der Waals surface area (Å²) in [5.41, 5.74) is 0. The summed E-state index contributed by atoms with van der Waals surface area (Å²) in [4.78, 5) is 21.6. The van der Waals surface area contributed by atoms with Crippen LogP contribution in [-0.4, -0.2) is 14.7 Å². The molecule has 0 bridgehead atoms. The van der Waals surface area contributed by atoms with E-state index in [0.29, 0.717) is 0 Å². The maximum Gasteiger partial charge on any atom is 0.381 e. The van der Waals surface area contributed by atoms with E-state index in [1.54, 1.807) is 5.77 Å². The Morgan fingerprint density at radius 2 is 1.14 bits per heavy atom. The summed E-state index contributed by atoms with van der Waals surface area (Å²) in [5.74, 6) is 0. The van der Waals surface area contributed by atoms with Crippen LogP contribution >= 0.6 is 30.5 Å². The second kappa shape index (κ2) is 11.0. The summed E-state index contributed by atoms with van der Waals surface area (Å²) < 4.78 is 40.7. The second-order valence-electron chi connectivity index (χ2n) is 4.99. The SMILES string of the molecule is O=P(O)(O)O.[O]=[W](=[O])[O-].c1ccc2sc([I+]c3cc4ccccc4s3)cc2c1. The van der Waals surface area contributed by atoms with Gasteiger partial charge in [-0.2, -0.15) is 0 Å². The Kier molecular flexibility index (Phi) is 9.33. The number of fused-ring (bicyclic) bond motifs is 2. The molecule has 2 aromatic heterocycles. The molecule has 0 spiro atoms. The average molecular weight is 723 g/mol. The topological polar surface area (TPSA) is 135 Å². The zero-order valence-corrected chi connectivity index (χ0v) is 21.4. The van der Waals surface area contributed by atoms with Crippen molar-refractivity contribution in [3.63, 3.8) is 0 Å². The van der Waals surface area contributed by atoms with Crippen molar-refractivity contribution >= 4 is 50.7 Å². The summed E-state index contributed by atoms with van der Waals surface area (Å²) in [6.45, 7) is 0. The molecule has 7 nitrogen and oxygen atoms in total. The first kappa shape index (κ1) is 23.7. The predicted molar refractivity (Wildman–Crippen MR) is 96.7 cm³/mol. The molecule has 3 N–H and O–H groups in total. The Bertz CT molecular complexity index is 1030. The standard InChI is InChI=1S/C16H10IS2.H3O4P.3O.W/c1-3-7-13-11(5-1)9-15(18-13)17-16-10-12-6-2-4-8-14(12)19-16;1-5(2,3)4;;;;/h1-10H;(H3,1,2,3,4);;;;/q+1;;;;-1;. The van der Waals surface area contributed by atoms with Gasteiger partial charge in [0.1, 0.15) is 0 Å². The average Bonchev–Trinajstić information content (AvgIpc) is 3.15. The Balaban J connectivity index is 0.000000265. The van der Waals surface area contributed by atoms with Gasteiger partial charge in [0.05, 0.1) is 0 Å². The smallest absolute Gasteiger partial charge is 0.0876 e. The maximum atomic E-state index is 8.88. The van der Waals surface area contributed by atoms with Crippen LogP contribution in [0.4, 0.5) is 0 Å². The van der Waals surface area contributed by atoms with E-state index in [-0.39, 0.29) is 21.2 Å². The molecule has 149 valence electrons. The van der Waals surface area contributed by atoms with Crippen molar-refractivity contribution in [2.24, 2.45) is 0 Å². The molecule has 0 aliphatic heterocycles. The molecule has 4 rings (SSSR count). The number of hydrogen-bond donors (Lipinski definition) is 3. The third-order valence-corrected chi connectivity index (χ3v) is 8.83. The van der Waals surface area contributed by atoms with E-state index in [9.17, 15) is 0 Å². The number of benzene rings is 2. The molecule has 0 aliphatic rings. The molecule has 0 atom stereocenters. The first-order valence-electron chi connectivity index (χ1n) is 7.29. The van der Waals surface area contributed by atoms with Gasteiger partial charge >= 0.3 is 57.2 Å². The minimum Gasteiger partial charge on any atom is -0.0876 e. The van der Waals surface area contributed by atoms with Crippen LogP contribution in [0.1, 0.15) is 0 Å². The predicted octanol–water partition coefficient (Wildman–Crippen LogP) is -0.113. The van der Waals surface area contributed by atoms with Gasteiger partial charge < -0.3 is 14.7 Å². The van der Waals surface area contributed by atoms with Crippen LogP contribution in [0.15, 0.2) is 60.7 Å². The van der Waals surface area contributed by atoms with Gasteiger partial charge in [-0.15, -0.1) is 0 Å². The van der Waals surface area contributed by atoms with Crippen LogP contribution in [0, 0.1) is 5.77 Å². The molecule has 12 heteroatoms. The fourth-order valence-corrected chi connectivity index (χ4v) is 8.77. The molecular weight excluding hydrogens is 710 g/mol. The van der Waals surface area contributed by atoms with E-state index in [1.165, 1.54) is 20.2 Å². The van der Waals surface area contributed by atoms with Crippen LogP contribution < -0.4 is 25.0 Å². The molecule has 2 aromatic carbocycles. The van der Waals surface area contributed by atoms with Crippen molar-refractivity contribution in [3.8, 4) is 0 Å². The zero-order chi connectivity index (χ0) is 20.7. The number of thiophene rings is 2. The van der Waals surface area contributed by atoms with E-state index < -0.39 is 25.4 Å². The fraction of sp³-hybridized carbons (Fsp3) is 0. The van der Waals surface area contributed by atoms with Crippen LogP contribution in [0.5, 0.6) is 0 Å². The van der Waals surface area contributed by atoms with Crippen LogP contribution in [0.3, 0.4) is 0 Å². The number of hydrogen-bond acceptors (Lipinski definition) is 6. The summed E-state index contributed by atoms with van der Waals surface area (Å²) in [6.07, 6.45) is 0. The summed E-state index contributed by atoms with van der Waals surface area (Å²) in [5, 5.41) is 2.78. The van der Waals surface area contributed by atoms with Gasteiger partial charge in [0, 0.05) is 21.5 Å². The molecule has 0 radical (unpaired) electrons. The van der Waals surface area contributed by atoms with Crippen molar-refractivity contribution in [3.05, 3.63) is 66.4 Å². The Labute approximate surface area is 184 Å². The molecular formula is C16H13IO7PS2W. The molecule has 0 saturated carbocycles. The number of halogens is 1. The van der Waals surface area contributed by atoms with E-state index in [2.05, 4.69) is 60.7 Å². The van der Waals surface area contributed by atoms with Gasteiger partial charge in [-0.25, -0.2) is 4.57 Å². The molecule has 0 saturated heterocycles. The fourth-order valence-electron chi connectivity index (χ4n) is 2.08. The van der Waals surface area contributed by atoms with Gasteiger partial charge in [0.2, 0.25) is 5.77 Å². The van der Waals surface area contributed by atoms with E-state index in [4.69, 9.17) is 29.8 Å². The van der Waals surface area contributed by atoms with Crippen molar-refractivity contribution in [1.82, 2.24) is 0 Å². The van der Waals surface area contributed by atoms with Gasteiger partial charge in [-0.3, -0.25) is 0 Å². The third-order valence-electron chi connectivity index (χ3n) is 2.98. The molecule has 2 heterocycles. The first-order valence-corrected chi connectivity index (χ1v) is 16.2. The Morgan fingerprint density at radius 3 is 1.46 bits per heavy atom. The second-order valence-corrected chi connectivity index (χ2v) is 14.0. The minimum atomic E-state index is -4.64. The summed E-state index contributed by atoms with van der Waals surface area (Å²) in [6, 6.07) is 22.1. The minimum absolute atomic E-state index is 0.0306. The van der Waals surface area contributed by atoms with Crippen molar-refractivity contribution in [2.45, 2.75) is 0 Å². The van der Waals surface area contributed by atoms with Crippen LogP contribution in [0.25, 0.3) is 20.2 Å². The quantitative estimate of drug-likeness (QED) is 0.194. The van der Waals surface area contributed by atoms with Crippen molar-refractivity contribution in [1.29, 1.82) is 0 Å². The molecule has 4 aromatic rings. The van der Waals surface area contributed by atoms with Gasteiger partial charge in [-0.1, -0.05) is 59.1 Å². The van der Waals surface area contributed by atoms with Gasteiger partial charge in [-0.05, 0) is 22.9 Å². The van der Waals surface area contributed by atoms with Crippen LogP contribution in [-0.2, 0) is 29.0 Å². The largest absolute Gasteiger partial charge is 0.381 e. The van der Waals surface area contributed by atoms with Gasteiger partial charge in [0.15, 0.2) is 0 Å². The van der Waals surface area contributed by atoms with Crippen LogP contribution in [0.2, 0.25) is 0 Å². The normalized spacial score (nSPS) is 10.7. The Morgan fingerprint density at radius 1 is 0.821 bits per heavy atom. The van der Waals surface area contributed by atoms with E-state index in [0.717, 1.165) is 0 Å². The van der Waals surface area contributed by atoms with E-state index in [1.807, 2.05) is 22.7 Å². The zero-order valence-electron chi connectivity index (χ0n) is 13.8. The van der Waals surface area contributed by atoms with Crippen molar-refractivity contribution < 1.29 is 68.6 Å². The van der Waals surface area contributed by atoms with E-state index >= 15 is 0 Å². The summed E-state index contributed by atoms with van der Waals surface area (Å²) in [7, 11) is -4.64. The third kappa shape index (κ3) is 8.85. The number of phosphoric acid groups is 1. The monoisotopic (exact) mass is 723 g/mol. The molecule has 0 unspecified atom stereocenters. The number of rotatable bonds is 2. The molecule has 0 amide bonds.